The number of hydrogen-bond acceptors (Lipinski definition) is 7. The Morgan fingerprint density at radius 2 is 1.79 bits per heavy atom. The van der Waals surface area contributed by atoms with Gasteiger partial charge in [-0.05, 0) is 36.1 Å². The van der Waals surface area contributed by atoms with E-state index in [-0.39, 0.29) is 11.3 Å². The van der Waals surface area contributed by atoms with Gasteiger partial charge in [-0.1, -0.05) is 65.0 Å². The number of aliphatic hydroxyl groups is 1. The van der Waals surface area contributed by atoms with Crippen LogP contribution in [0.3, 0.4) is 0 Å². The van der Waals surface area contributed by atoms with Gasteiger partial charge in [-0.2, -0.15) is 0 Å². The molecule has 0 spiro atoms. The number of rotatable bonds is 4. The lowest BCUT2D eigenvalue weighted by atomic mass is 9.95. The molecule has 0 aliphatic carbocycles. The van der Waals surface area contributed by atoms with Gasteiger partial charge >= 0.3 is 5.91 Å². The number of hydrogen-bond donors (Lipinski definition) is 1. The van der Waals surface area contributed by atoms with Gasteiger partial charge in [-0.3, -0.25) is 14.5 Å². The molecule has 1 aromatic heterocycles. The highest BCUT2D eigenvalue weighted by atomic mass is 35.5. The zero-order valence-corrected chi connectivity index (χ0v) is 17.5. The number of aliphatic hydroxyl groups excluding tert-OH is 1. The number of ketones is 1. The van der Waals surface area contributed by atoms with Crippen molar-refractivity contribution >= 4 is 57.3 Å². The second-order valence-electron chi connectivity index (χ2n) is 6.14. The van der Waals surface area contributed by atoms with E-state index in [0.717, 1.165) is 0 Å². The van der Waals surface area contributed by atoms with Crippen LogP contribution in [0.15, 0.2) is 64.5 Å². The smallest absolute Gasteiger partial charge is 0.301 e. The normalized spacial score (nSPS) is 18.4. The molecule has 1 saturated heterocycles. The van der Waals surface area contributed by atoms with Crippen molar-refractivity contribution in [1.29, 1.82) is 0 Å². The van der Waals surface area contributed by atoms with Crippen molar-refractivity contribution in [2.75, 3.05) is 11.2 Å². The minimum Gasteiger partial charge on any atom is -0.507 e. The van der Waals surface area contributed by atoms with Crippen LogP contribution in [-0.2, 0) is 9.59 Å². The third-order valence-electron chi connectivity index (χ3n) is 4.45. The molecule has 4 rings (SSSR count). The predicted molar refractivity (Wildman–Crippen MR) is 114 cm³/mol. The number of Topliss-reactive ketones (excluding diaryl/α,β-unsaturated/α-hetero) is 1. The lowest BCUT2D eigenvalue weighted by Crippen LogP contribution is -2.29. The summed E-state index contributed by atoms with van der Waals surface area (Å²) in [7, 11) is 0. The molecule has 9 heteroatoms. The molecular formula is C20H14ClN3O3S2. The minimum atomic E-state index is -0.811. The number of halogens is 1. The highest BCUT2D eigenvalue weighted by molar-refractivity contribution is 8.00. The number of amides is 1. The van der Waals surface area contributed by atoms with Gasteiger partial charge in [-0.15, -0.1) is 10.2 Å². The van der Waals surface area contributed by atoms with E-state index in [1.54, 1.807) is 36.4 Å². The summed E-state index contributed by atoms with van der Waals surface area (Å²) in [5.74, 6) is -1.78. The summed E-state index contributed by atoms with van der Waals surface area (Å²) in [5, 5.41) is 19.9. The standard InChI is InChI=1S/C20H14ClN3O3S2/c1-28-20-23-22-19(29-20)24-15(11-5-3-2-4-6-11)14(17(26)18(24)27)16(25)12-7-9-13(21)10-8-12/h2-10,15,25H,1H3/b16-14-. The van der Waals surface area contributed by atoms with E-state index < -0.39 is 17.7 Å². The molecule has 2 aromatic carbocycles. The maximum absolute atomic E-state index is 12.9. The SMILES string of the molecule is CSc1nnc(N2C(=O)C(=O)/C(=C(\O)c3ccc(Cl)cc3)C2c2ccccc2)s1. The van der Waals surface area contributed by atoms with Gasteiger partial charge in [0.15, 0.2) is 4.34 Å². The monoisotopic (exact) mass is 443 g/mol. The highest BCUT2D eigenvalue weighted by Gasteiger charge is 2.48. The van der Waals surface area contributed by atoms with E-state index in [9.17, 15) is 14.7 Å². The van der Waals surface area contributed by atoms with Crippen LogP contribution in [-0.4, -0.2) is 33.3 Å². The molecule has 1 unspecified atom stereocenters. The fourth-order valence-corrected chi connectivity index (χ4v) is 4.54. The fourth-order valence-electron chi connectivity index (χ4n) is 3.13. The van der Waals surface area contributed by atoms with Crippen molar-refractivity contribution in [1.82, 2.24) is 10.2 Å². The summed E-state index contributed by atoms with van der Waals surface area (Å²) in [6.45, 7) is 0. The van der Waals surface area contributed by atoms with Crippen molar-refractivity contribution in [2.45, 2.75) is 10.4 Å². The van der Waals surface area contributed by atoms with E-state index >= 15 is 0 Å². The fraction of sp³-hybridized carbons (Fsp3) is 0.100. The first-order valence-corrected chi connectivity index (χ1v) is 10.9. The molecule has 1 aliphatic rings. The summed E-state index contributed by atoms with van der Waals surface area (Å²) in [6.07, 6.45) is 1.85. The highest BCUT2D eigenvalue weighted by Crippen LogP contribution is 2.43. The Balaban J connectivity index is 1.91. The molecular weight excluding hydrogens is 430 g/mol. The van der Waals surface area contributed by atoms with E-state index in [4.69, 9.17) is 11.6 Å². The first-order valence-electron chi connectivity index (χ1n) is 8.50. The topological polar surface area (TPSA) is 83.4 Å². The first kappa shape index (κ1) is 19.6. The molecule has 29 heavy (non-hydrogen) atoms. The lowest BCUT2D eigenvalue weighted by Gasteiger charge is -2.22. The lowest BCUT2D eigenvalue weighted by molar-refractivity contribution is -0.132. The Labute approximate surface area is 179 Å². The van der Waals surface area contributed by atoms with Crippen molar-refractivity contribution in [3.05, 3.63) is 76.3 Å². The van der Waals surface area contributed by atoms with Gasteiger partial charge in [0.25, 0.3) is 5.78 Å². The Kier molecular flexibility index (Phi) is 5.40. The maximum atomic E-state index is 12.9. The van der Waals surface area contributed by atoms with Gasteiger partial charge in [0.1, 0.15) is 5.76 Å². The number of anilines is 1. The van der Waals surface area contributed by atoms with Crippen molar-refractivity contribution in [3.63, 3.8) is 0 Å². The zero-order chi connectivity index (χ0) is 20.5. The van der Waals surface area contributed by atoms with Crippen molar-refractivity contribution in [3.8, 4) is 0 Å². The third kappa shape index (κ3) is 3.55. The molecule has 1 fully saturated rings. The number of thioether (sulfide) groups is 1. The summed E-state index contributed by atoms with van der Waals surface area (Å²) < 4.78 is 0.673. The van der Waals surface area contributed by atoms with Crippen LogP contribution < -0.4 is 4.90 Å². The van der Waals surface area contributed by atoms with Gasteiger partial charge in [0.2, 0.25) is 5.13 Å². The largest absolute Gasteiger partial charge is 0.507 e. The van der Waals surface area contributed by atoms with E-state index in [1.165, 1.54) is 28.0 Å². The third-order valence-corrected chi connectivity index (χ3v) is 6.60. The van der Waals surface area contributed by atoms with E-state index in [0.29, 0.717) is 25.6 Å². The number of carbonyl (C=O) groups is 2. The number of aromatic nitrogens is 2. The first-order chi connectivity index (χ1) is 14.0. The summed E-state index contributed by atoms with van der Waals surface area (Å²) in [6, 6.07) is 14.7. The quantitative estimate of drug-likeness (QED) is 0.209. The molecule has 0 radical (unpaired) electrons. The summed E-state index contributed by atoms with van der Waals surface area (Å²) in [5.41, 5.74) is 1.09. The molecule has 6 nitrogen and oxygen atoms in total. The van der Waals surface area contributed by atoms with Gasteiger partial charge in [-0.25, -0.2) is 0 Å². The molecule has 1 amide bonds. The van der Waals surface area contributed by atoms with E-state index in [2.05, 4.69) is 10.2 Å². The van der Waals surface area contributed by atoms with Crippen LogP contribution in [0.5, 0.6) is 0 Å². The van der Waals surface area contributed by atoms with Crippen LogP contribution in [0.1, 0.15) is 17.2 Å². The molecule has 1 atom stereocenters. The van der Waals surface area contributed by atoms with Crippen molar-refractivity contribution < 1.29 is 14.7 Å². The summed E-state index contributed by atoms with van der Waals surface area (Å²) >= 11 is 8.55. The Bertz CT molecular complexity index is 1110. The Morgan fingerprint density at radius 3 is 2.41 bits per heavy atom. The molecule has 146 valence electrons. The van der Waals surface area contributed by atoms with Gasteiger partial charge in [0, 0.05) is 10.6 Å². The minimum absolute atomic E-state index is 0.00410. The molecule has 1 N–H and O–H groups in total. The van der Waals surface area contributed by atoms with Gasteiger partial charge < -0.3 is 5.11 Å². The Morgan fingerprint density at radius 1 is 1.10 bits per heavy atom. The van der Waals surface area contributed by atoms with Crippen LogP contribution >= 0.6 is 34.7 Å². The van der Waals surface area contributed by atoms with Crippen LogP contribution in [0.4, 0.5) is 5.13 Å². The predicted octanol–water partition coefficient (Wildman–Crippen LogP) is 4.54. The molecule has 3 aromatic rings. The number of benzene rings is 2. The molecule has 0 bridgehead atoms. The number of carbonyl (C=O) groups excluding carboxylic acids is 2. The molecule has 1 aliphatic heterocycles. The van der Waals surface area contributed by atoms with Crippen LogP contribution in [0.25, 0.3) is 5.76 Å². The van der Waals surface area contributed by atoms with Crippen LogP contribution in [0.2, 0.25) is 5.02 Å². The summed E-state index contributed by atoms with van der Waals surface area (Å²) in [4.78, 5) is 27.2. The van der Waals surface area contributed by atoms with Gasteiger partial charge in [0.05, 0.1) is 11.6 Å². The van der Waals surface area contributed by atoms with Crippen molar-refractivity contribution in [2.24, 2.45) is 0 Å². The second kappa shape index (κ2) is 7.98. The maximum Gasteiger partial charge on any atom is 0.301 e. The molecule has 2 heterocycles. The zero-order valence-electron chi connectivity index (χ0n) is 15.1. The number of nitrogens with zero attached hydrogens (tertiary/aromatic N) is 3. The second-order valence-corrected chi connectivity index (χ2v) is 8.59. The Hall–Kier alpha value is -2.68. The average molecular weight is 444 g/mol. The van der Waals surface area contributed by atoms with Crippen LogP contribution in [0, 0.1) is 0 Å². The van der Waals surface area contributed by atoms with E-state index in [1.807, 2.05) is 24.5 Å². The average Bonchev–Trinajstić information content (AvgIpc) is 3.31. The molecule has 0 saturated carbocycles.